The quantitative estimate of drug-likeness (QED) is 0.840. The van der Waals surface area contributed by atoms with E-state index in [-0.39, 0.29) is 17.4 Å². The molecule has 0 aromatic carbocycles. The maximum Gasteiger partial charge on any atom is 0.404 e. The van der Waals surface area contributed by atoms with E-state index in [4.69, 9.17) is 22.1 Å². The average Bonchev–Trinajstić information content (AvgIpc) is 2.79. The molecular weight excluding hydrogens is 282 g/mol. The topological polar surface area (TPSA) is 97.1 Å². The number of nitrogens with two attached hydrogens (primary N) is 1. The minimum absolute atomic E-state index is 0.112. The van der Waals surface area contributed by atoms with Crippen molar-refractivity contribution in [2.45, 2.75) is 25.0 Å². The van der Waals surface area contributed by atoms with E-state index in [1.807, 2.05) is 18.0 Å². The highest BCUT2D eigenvalue weighted by atomic mass is 35.5. The molecule has 3 rings (SSSR count). The third-order valence-electron chi connectivity index (χ3n) is 3.60. The van der Waals surface area contributed by atoms with Crippen LogP contribution in [0.4, 0.5) is 10.6 Å². The predicted octanol–water partition coefficient (Wildman–Crippen LogP) is 1.67. The van der Waals surface area contributed by atoms with Gasteiger partial charge in [-0.2, -0.15) is 9.97 Å². The molecule has 2 heterocycles. The summed E-state index contributed by atoms with van der Waals surface area (Å²) in [5, 5.41) is 1.11. The molecular formula is C12H14ClN5O2. The molecule has 0 spiro atoms. The van der Waals surface area contributed by atoms with Gasteiger partial charge in [-0.1, -0.05) is 0 Å². The van der Waals surface area contributed by atoms with Gasteiger partial charge in [0.05, 0.1) is 5.39 Å². The summed E-state index contributed by atoms with van der Waals surface area (Å²) >= 11 is 5.93. The summed E-state index contributed by atoms with van der Waals surface area (Å²) in [6.07, 6.45) is 2.42. The zero-order valence-electron chi connectivity index (χ0n) is 10.8. The summed E-state index contributed by atoms with van der Waals surface area (Å²) in [4.78, 5) is 24.1. The number of fused-ring (bicyclic) bond motifs is 1. The van der Waals surface area contributed by atoms with E-state index >= 15 is 0 Å². The van der Waals surface area contributed by atoms with Gasteiger partial charge in [0.25, 0.3) is 0 Å². The lowest BCUT2D eigenvalue weighted by atomic mass is 9.88. The number of hydrogen-bond acceptors (Lipinski definition) is 5. The van der Waals surface area contributed by atoms with Crippen molar-refractivity contribution in [2.24, 2.45) is 5.73 Å². The highest BCUT2D eigenvalue weighted by Gasteiger charge is 2.35. The van der Waals surface area contributed by atoms with Crippen LogP contribution in [-0.2, 0) is 4.74 Å². The third-order valence-corrected chi connectivity index (χ3v) is 3.77. The number of amides is 1. The lowest BCUT2D eigenvalue weighted by Gasteiger charge is -2.40. The van der Waals surface area contributed by atoms with Crippen LogP contribution in [0.15, 0.2) is 12.3 Å². The molecule has 106 valence electrons. The maximum atomic E-state index is 10.7. The second-order valence-corrected chi connectivity index (χ2v) is 5.19. The van der Waals surface area contributed by atoms with Gasteiger partial charge in [-0.25, -0.2) is 4.79 Å². The average molecular weight is 296 g/mol. The van der Waals surface area contributed by atoms with E-state index in [0.29, 0.717) is 5.65 Å². The normalized spacial score (nSPS) is 21.5. The number of ether oxygens (including phenoxy) is 1. The fraction of sp³-hybridized carbons (Fsp3) is 0.417. The predicted molar refractivity (Wildman–Crippen MR) is 74.8 cm³/mol. The Bertz CT molecular complexity index is 652. The van der Waals surface area contributed by atoms with Crippen LogP contribution in [-0.4, -0.2) is 40.2 Å². The lowest BCUT2D eigenvalue weighted by molar-refractivity contribution is 0.0459. The van der Waals surface area contributed by atoms with Crippen molar-refractivity contribution in [2.75, 3.05) is 11.9 Å². The number of primary amides is 1. The Kier molecular flexibility index (Phi) is 3.13. The minimum atomic E-state index is -0.728. The zero-order valence-corrected chi connectivity index (χ0v) is 11.6. The molecule has 1 amide bonds. The minimum Gasteiger partial charge on any atom is -0.446 e. The summed E-state index contributed by atoms with van der Waals surface area (Å²) in [5.41, 5.74) is 5.70. The Hall–Kier alpha value is -2.02. The molecule has 0 aliphatic heterocycles. The number of aromatic amines is 1. The van der Waals surface area contributed by atoms with Gasteiger partial charge in [-0.15, -0.1) is 0 Å². The number of rotatable bonds is 3. The van der Waals surface area contributed by atoms with E-state index in [0.717, 1.165) is 24.0 Å². The summed E-state index contributed by atoms with van der Waals surface area (Å²) < 4.78 is 4.95. The molecule has 0 atom stereocenters. The molecule has 0 bridgehead atoms. The van der Waals surface area contributed by atoms with Crippen molar-refractivity contribution in [3.63, 3.8) is 0 Å². The third kappa shape index (κ3) is 2.24. The molecule has 7 nitrogen and oxygen atoms in total. The highest BCUT2D eigenvalue weighted by molar-refractivity contribution is 6.28. The first-order chi connectivity index (χ1) is 9.54. The van der Waals surface area contributed by atoms with Crippen molar-refractivity contribution in [1.29, 1.82) is 0 Å². The zero-order chi connectivity index (χ0) is 14.3. The Morgan fingerprint density at radius 1 is 1.55 bits per heavy atom. The first-order valence-electron chi connectivity index (χ1n) is 6.24. The van der Waals surface area contributed by atoms with Gasteiger partial charge in [0.15, 0.2) is 0 Å². The SMILES string of the molecule is CN(c1nc(Cl)nc2[nH]ccc12)C1CC(OC(N)=O)C1. The molecule has 2 aromatic rings. The van der Waals surface area contributed by atoms with Crippen molar-refractivity contribution in [3.8, 4) is 0 Å². The van der Waals surface area contributed by atoms with Gasteiger partial charge in [0.2, 0.25) is 5.28 Å². The Labute approximate surface area is 120 Å². The van der Waals surface area contributed by atoms with Gasteiger partial charge < -0.3 is 20.4 Å². The van der Waals surface area contributed by atoms with E-state index in [1.165, 1.54) is 0 Å². The van der Waals surface area contributed by atoms with Crippen molar-refractivity contribution in [1.82, 2.24) is 15.0 Å². The Balaban J connectivity index is 1.78. The smallest absolute Gasteiger partial charge is 0.404 e. The van der Waals surface area contributed by atoms with Crippen LogP contribution < -0.4 is 10.6 Å². The fourth-order valence-electron chi connectivity index (χ4n) is 2.45. The number of anilines is 1. The van der Waals surface area contributed by atoms with E-state index in [9.17, 15) is 4.79 Å². The molecule has 1 aliphatic carbocycles. The van der Waals surface area contributed by atoms with E-state index < -0.39 is 6.09 Å². The van der Waals surface area contributed by atoms with E-state index in [2.05, 4.69) is 15.0 Å². The number of carbonyl (C=O) groups excluding carboxylic acids is 1. The van der Waals surface area contributed by atoms with Gasteiger partial charge in [0.1, 0.15) is 17.6 Å². The molecule has 0 saturated heterocycles. The molecule has 8 heteroatoms. The van der Waals surface area contributed by atoms with Crippen LogP contribution in [0.2, 0.25) is 5.28 Å². The summed E-state index contributed by atoms with van der Waals surface area (Å²) in [5.74, 6) is 0.767. The molecule has 0 unspecified atom stereocenters. The van der Waals surface area contributed by atoms with Gasteiger partial charge >= 0.3 is 6.09 Å². The number of hydrogen-bond donors (Lipinski definition) is 2. The monoisotopic (exact) mass is 295 g/mol. The molecule has 20 heavy (non-hydrogen) atoms. The molecule has 1 fully saturated rings. The van der Waals surface area contributed by atoms with Crippen LogP contribution in [0.5, 0.6) is 0 Å². The lowest BCUT2D eigenvalue weighted by Crippen LogP contribution is -2.48. The van der Waals surface area contributed by atoms with Crippen LogP contribution >= 0.6 is 11.6 Å². The number of halogens is 1. The highest BCUT2D eigenvalue weighted by Crippen LogP contribution is 2.33. The second-order valence-electron chi connectivity index (χ2n) is 4.85. The number of aromatic nitrogens is 3. The Morgan fingerprint density at radius 2 is 2.30 bits per heavy atom. The molecule has 2 aromatic heterocycles. The second kappa shape index (κ2) is 4.82. The van der Waals surface area contributed by atoms with Crippen LogP contribution in [0.25, 0.3) is 11.0 Å². The molecule has 3 N–H and O–H groups in total. The van der Waals surface area contributed by atoms with Crippen molar-refractivity contribution < 1.29 is 9.53 Å². The van der Waals surface area contributed by atoms with Gasteiger partial charge in [-0.3, -0.25) is 0 Å². The van der Waals surface area contributed by atoms with E-state index in [1.54, 1.807) is 6.20 Å². The van der Waals surface area contributed by atoms with Gasteiger partial charge in [0, 0.05) is 32.1 Å². The largest absolute Gasteiger partial charge is 0.446 e. The molecule has 1 aliphatic rings. The molecule has 0 radical (unpaired) electrons. The first-order valence-corrected chi connectivity index (χ1v) is 6.62. The summed E-state index contributed by atoms with van der Waals surface area (Å²) in [7, 11) is 1.94. The number of H-pyrrole nitrogens is 1. The summed E-state index contributed by atoms with van der Waals surface area (Å²) in [6, 6.07) is 2.15. The summed E-state index contributed by atoms with van der Waals surface area (Å²) in [6.45, 7) is 0. The van der Waals surface area contributed by atoms with Gasteiger partial charge in [-0.05, 0) is 17.7 Å². The van der Waals surface area contributed by atoms with Crippen LogP contribution in [0.3, 0.4) is 0 Å². The Morgan fingerprint density at radius 3 is 3.00 bits per heavy atom. The van der Waals surface area contributed by atoms with Crippen molar-refractivity contribution in [3.05, 3.63) is 17.5 Å². The first kappa shape index (κ1) is 13.0. The van der Waals surface area contributed by atoms with Crippen LogP contribution in [0, 0.1) is 0 Å². The van der Waals surface area contributed by atoms with Crippen molar-refractivity contribution >= 4 is 34.5 Å². The van der Waals surface area contributed by atoms with Crippen LogP contribution in [0.1, 0.15) is 12.8 Å². The maximum absolute atomic E-state index is 10.7. The fourth-order valence-corrected chi connectivity index (χ4v) is 2.62. The standard InChI is InChI=1S/C12H14ClN5O2/c1-18(6-4-7(5-6)20-12(14)19)10-8-2-3-15-9(8)16-11(13)17-10/h2-3,6-7H,4-5H2,1H3,(H2,14,19)(H,15,16,17). The number of carbonyl (C=O) groups is 1. The molecule has 1 saturated carbocycles. The number of nitrogens with zero attached hydrogens (tertiary/aromatic N) is 3. The number of nitrogens with one attached hydrogen (secondary N) is 1.